The number of hydrogen-bond acceptors (Lipinski definition) is 3. The van der Waals surface area contributed by atoms with Crippen LogP contribution in [0, 0.1) is 5.92 Å². The van der Waals surface area contributed by atoms with Crippen LogP contribution in [0.5, 0.6) is 5.75 Å². The van der Waals surface area contributed by atoms with E-state index in [1.165, 1.54) is 0 Å². The molecule has 0 saturated carbocycles. The van der Waals surface area contributed by atoms with Gasteiger partial charge in [0.2, 0.25) is 0 Å². The summed E-state index contributed by atoms with van der Waals surface area (Å²) in [5, 5.41) is 13.5. The maximum absolute atomic E-state index is 10.1. The van der Waals surface area contributed by atoms with Crippen molar-refractivity contribution < 1.29 is 9.84 Å². The van der Waals surface area contributed by atoms with E-state index < -0.39 is 0 Å². The summed E-state index contributed by atoms with van der Waals surface area (Å²) in [5.74, 6) is 1.26. The van der Waals surface area contributed by atoms with Crippen LogP contribution < -0.4 is 10.1 Å². The second-order valence-electron chi connectivity index (χ2n) is 5.02. The van der Waals surface area contributed by atoms with Crippen LogP contribution in [0.1, 0.15) is 45.2 Å². The third-order valence-electron chi connectivity index (χ3n) is 3.83. The summed E-state index contributed by atoms with van der Waals surface area (Å²) in [6.45, 7) is 6.96. The lowest BCUT2D eigenvalue weighted by Gasteiger charge is -2.23. The molecule has 0 amide bonds. The minimum absolute atomic E-state index is 0.167. The Kier molecular flexibility index (Phi) is 6.89. The van der Waals surface area contributed by atoms with Gasteiger partial charge in [-0.3, -0.25) is 0 Å². The summed E-state index contributed by atoms with van der Waals surface area (Å²) in [6.07, 6.45) is 1.75. The molecule has 0 aliphatic carbocycles. The highest BCUT2D eigenvalue weighted by Gasteiger charge is 2.17. The minimum atomic E-state index is -0.285. The van der Waals surface area contributed by atoms with Crippen molar-refractivity contribution >= 4 is 0 Å². The molecule has 0 fully saturated rings. The molecule has 108 valence electrons. The average Bonchev–Trinajstić information content (AvgIpc) is 2.45. The van der Waals surface area contributed by atoms with Crippen LogP contribution in [0.15, 0.2) is 24.3 Å². The Labute approximate surface area is 117 Å². The Balaban J connectivity index is 2.57. The largest absolute Gasteiger partial charge is 0.496 e. The molecule has 1 rings (SSSR count). The van der Waals surface area contributed by atoms with Gasteiger partial charge in [0.1, 0.15) is 5.75 Å². The summed E-state index contributed by atoms with van der Waals surface area (Å²) in [4.78, 5) is 0. The quantitative estimate of drug-likeness (QED) is 0.758. The molecule has 1 aromatic rings. The average molecular weight is 265 g/mol. The van der Waals surface area contributed by atoms with Crippen LogP contribution in [-0.4, -0.2) is 24.9 Å². The van der Waals surface area contributed by atoms with Gasteiger partial charge in [-0.2, -0.15) is 0 Å². The number of para-hydroxylation sites is 1. The Morgan fingerprint density at radius 2 is 1.84 bits per heavy atom. The number of nitrogens with one attached hydrogen (secondary N) is 1. The molecule has 0 bridgehead atoms. The zero-order valence-corrected chi connectivity index (χ0v) is 12.5. The molecule has 19 heavy (non-hydrogen) atoms. The Bertz CT molecular complexity index is 364. The zero-order valence-electron chi connectivity index (χ0n) is 12.5. The Morgan fingerprint density at radius 1 is 1.21 bits per heavy atom. The predicted octanol–water partition coefficient (Wildman–Crippen LogP) is 3.14. The van der Waals surface area contributed by atoms with Gasteiger partial charge in [0, 0.05) is 18.2 Å². The number of methoxy groups -OCH3 is 1. The van der Waals surface area contributed by atoms with Gasteiger partial charge in [-0.05, 0) is 18.9 Å². The van der Waals surface area contributed by atoms with E-state index in [9.17, 15) is 5.11 Å². The maximum atomic E-state index is 10.1. The number of benzene rings is 1. The second-order valence-corrected chi connectivity index (χ2v) is 5.02. The van der Waals surface area contributed by atoms with Crippen molar-refractivity contribution in [1.29, 1.82) is 0 Å². The molecule has 3 heteroatoms. The number of hydrogen-bond donors (Lipinski definition) is 2. The smallest absolute Gasteiger partial charge is 0.123 e. The summed E-state index contributed by atoms with van der Waals surface area (Å²) >= 11 is 0. The van der Waals surface area contributed by atoms with Crippen molar-refractivity contribution in [3.05, 3.63) is 29.8 Å². The van der Waals surface area contributed by atoms with Gasteiger partial charge in [-0.25, -0.2) is 0 Å². The first-order valence-corrected chi connectivity index (χ1v) is 7.18. The monoisotopic (exact) mass is 265 g/mol. The predicted molar refractivity (Wildman–Crippen MR) is 79.5 cm³/mol. The highest BCUT2D eigenvalue weighted by Crippen LogP contribution is 2.24. The molecule has 0 heterocycles. The standard InChI is InChI=1S/C16H27NO2/c1-5-13(6-2)15(18)11-17-12(3)14-9-7-8-10-16(14)19-4/h7-10,12-13,15,17-18H,5-6,11H2,1-4H3. The first-order chi connectivity index (χ1) is 9.13. The molecular weight excluding hydrogens is 238 g/mol. The third kappa shape index (κ3) is 4.51. The number of rotatable bonds is 8. The van der Waals surface area contributed by atoms with Crippen LogP contribution in [0.25, 0.3) is 0 Å². The topological polar surface area (TPSA) is 41.5 Å². The number of ether oxygens (including phenoxy) is 1. The summed E-state index contributed by atoms with van der Waals surface area (Å²) < 4.78 is 5.36. The van der Waals surface area contributed by atoms with Gasteiger partial charge >= 0.3 is 0 Å². The van der Waals surface area contributed by atoms with E-state index in [-0.39, 0.29) is 12.1 Å². The van der Waals surface area contributed by atoms with Gasteiger partial charge in [0.05, 0.1) is 13.2 Å². The number of aliphatic hydroxyl groups is 1. The van der Waals surface area contributed by atoms with E-state index in [4.69, 9.17) is 4.74 Å². The van der Waals surface area contributed by atoms with Crippen molar-refractivity contribution in [3.8, 4) is 5.75 Å². The molecular formula is C16H27NO2. The highest BCUT2D eigenvalue weighted by molar-refractivity contribution is 5.35. The fourth-order valence-electron chi connectivity index (χ4n) is 2.43. The highest BCUT2D eigenvalue weighted by atomic mass is 16.5. The molecule has 0 radical (unpaired) electrons. The van der Waals surface area contributed by atoms with Crippen molar-refractivity contribution in [2.75, 3.05) is 13.7 Å². The summed E-state index contributed by atoms with van der Waals surface area (Å²) in [7, 11) is 1.69. The fourth-order valence-corrected chi connectivity index (χ4v) is 2.43. The lowest BCUT2D eigenvalue weighted by molar-refractivity contribution is 0.0988. The van der Waals surface area contributed by atoms with E-state index in [0.29, 0.717) is 12.5 Å². The van der Waals surface area contributed by atoms with Gasteiger partial charge < -0.3 is 15.2 Å². The summed E-state index contributed by atoms with van der Waals surface area (Å²) in [6, 6.07) is 8.16. The Morgan fingerprint density at radius 3 is 2.42 bits per heavy atom. The van der Waals surface area contributed by atoms with E-state index in [2.05, 4.69) is 32.2 Å². The molecule has 2 unspecified atom stereocenters. The van der Waals surface area contributed by atoms with Crippen LogP contribution in [0.2, 0.25) is 0 Å². The third-order valence-corrected chi connectivity index (χ3v) is 3.83. The zero-order chi connectivity index (χ0) is 14.3. The van der Waals surface area contributed by atoms with Crippen molar-refractivity contribution in [2.24, 2.45) is 5.92 Å². The molecule has 0 aromatic heterocycles. The van der Waals surface area contributed by atoms with Crippen LogP contribution in [0.3, 0.4) is 0 Å². The molecule has 0 saturated heterocycles. The van der Waals surface area contributed by atoms with E-state index in [1.54, 1.807) is 7.11 Å². The molecule has 2 N–H and O–H groups in total. The fraction of sp³-hybridized carbons (Fsp3) is 0.625. The molecule has 1 aromatic carbocycles. The first-order valence-electron chi connectivity index (χ1n) is 7.18. The molecule has 3 nitrogen and oxygen atoms in total. The molecule has 2 atom stereocenters. The first kappa shape index (κ1) is 16.0. The Hall–Kier alpha value is -1.06. The molecule has 0 aliphatic rings. The van der Waals surface area contributed by atoms with Crippen molar-refractivity contribution in [3.63, 3.8) is 0 Å². The van der Waals surface area contributed by atoms with E-state index in [0.717, 1.165) is 24.2 Å². The van der Waals surface area contributed by atoms with Gasteiger partial charge in [0.25, 0.3) is 0 Å². The van der Waals surface area contributed by atoms with Crippen LogP contribution in [0.4, 0.5) is 0 Å². The van der Waals surface area contributed by atoms with Crippen LogP contribution in [-0.2, 0) is 0 Å². The lowest BCUT2D eigenvalue weighted by atomic mass is 9.96. The van der Waals surface area contributed by atoms with E-state index >= 15 is 0 Å². The summed E-state index contributed by atoms with van der Waals surface area (Å²) in [5.41, 5.74) is 1.13. The SMILES string of the molecule is CCC(CC)C(O)CNC(C)c1ccccc1OC. The number of aliphatic hydroxyl groups excluding tert-OH is 1. The van der Waals surface area contributed by atoms with Gasteiger partial charge in [-0.1, -0.05) is 44.9 Å². The van der Waals surface area contributed by atoms with Crippen molar-refractivity contribution in [2.45, 2.75) is 45.8 Å². The lowest BCUT2D eigenvalue weighted by Crippen LogP contribution is -2.34. The van der Waals surface area contributed by atoms with Gasteiger partial charge in [0.15, 0.2) is 0 Å². The minimum Gasteiger partial charge on any atom is -0.496 e. The van der Waals surface area contributed by atoms with E-state index in [1.807, 2.05) is 18.2 Å². The van der Waals surface area contributed by atoms with Crippen LogP contribution >= 0.6 is 0 Å². The van der Waals surface area contributed by atoms with Crippen molar-refractivity contribution in [1.82, 2.24) is 5.32 Å². The normalized spacial score (nSPS) is 14.4. The van der Waals surface area contributed by atoms with Gasteiger partial charge in [-0.15, -0.1) is 0 Å². The maximum Gasteiger partial charge on any atom is 0.123 e. The second kappa shape index (κ2) is 8.18. The molecule has 0 spiro atoms. The molecule has 0 aliphatic heterocycles.